The smallest absolute Gasteiger partial charge is 0.116 e. The van der Waals surface area contributed by atoms with Crippen LogP contribution in [0.5, 0.6) is 0 Å². The van der Waals surface area contributed by atoms with Gasteiger partial charge in [-0.15, -0.1) is 11.8 Å². The Morgan fingerprint density at radius 3 is 2.90 bits per heavy atom. The number of H-pyrrole nitrogens is 1. The quantitative estimate of drug-likeness (QED) is 0.563. The molecule has 0 aliphatic carbocycles. The number of hydrogen-bond donors (Lipinski definition) is 2. The highest BCUT2D eigenvalue weighted by Gasteiger charge is 2.02. The monoisotopic (exact) mass is 355 g/mol. The van der Waals surface area contributed by atoms with Crippen LogP contribution in [0.15, 0.2) is 39.8 Å². The van der Waals surface area contributed by atoms with Crippen molar-refractivity contribution in [1.29, 1.82) is 0 Å². The van der Waals surface area contributed by atoms with E-state index in [2.05, 4.69) is 55.5 Å². The number of methoxy groups -OCH3 is 1. The van der Waals surface area contributed by atoms with Gasteiger partial charge in [0.15, 0.2) is 0 Å². The lowest BCUT2D eigenvalue weighted by molar-refractivity contribution is 0.199. The first-order valence-electron chi connectivity index (χ1n) is 6.38. The number of imidazole rings is 1. The summed E-state index contributed by atoms with van der Waals surface area (Å²) in [5.41, 5.74) is 1.10. The van der Waals surface area contributed by atoms with E-state index < -0.39 is 0 Å². The van der Waals surface area contributed by atoms with Crippen LogP contribution in [0.2, 0.25) is 0 Å². The van der Waals surface area contributed by atoms with Gasteiger partial charge in [-0.2, -0.15) is 0 Å². The summed E-state index contributed by atoms with van der Waals surface area (Å²) >= 11 is 5.21. The first-order valence-corrected chi connectivity index (χ1v) is 8.16. The molecule has 108 valence electrons. The molecular formula is C14H18BrN3OS. The van der Waals surface area contributed by atoms with E-state index in [-0.39, 0.29) is 0 Å². The Hall–Kier alpha value is -0.820. The number of nitrogens with one attached hydrogen (secondary N) is 2. The minimum Gasteiger partial charge on any atom is -0.383 e. The van der Waals surface area contributed by atoms with Gasteiger partial charge in [-0.1, -0.05) is 15.9 Å². The van der Waals surface area contributed by atoms with Gasteiger partial charge >= 0.3 is 0 Å². The second-order valence-corrected chi connectivity index (χ2v) is 6.23. The number of nitrogens with zero attached hydrogens (tertiary/aromatic N) is 1. The van der Waals surface area contributed by atoms with Crippen LogP contribution in [0.1, 0.15) is 11.5 Å². The lowest BCUT2D eigenvalue weighted by atomic mass is 10.4. The third-order valence-electron chi connectivity index (χ3n) is 2.67. The van der Waals surface area contributed by atoms with Crippen molar-refractivity contribution >= 4 is 27.7 Å². The third kappa shape index (κ3) is 5.28. The van der Waals surface area contributed by atoms with Crippen LogP contribution in [0, 0.1) is 0 Å². The third-order valence-corrected chi connectivity index (χ3v) is 4.22. The topological polar surface area (TPSA) is 49.9 Å². The molecule has 2 N–H and O–H groups in total. The van der Waals surface area contributed by atoms with Crippen LogP contribution in [-0.2, 0) is 17.0 Å². The molecule has 0 radical (unpaired) electrons. The molecule has 0 fully saturated rings. The number of thioether (sulfide) groups is 1. The second kappa shape index (κ2) is 8.46. The molecule has 0 amide bonds. The Labute approximate surface area is 131 Å². The summed E-state index contributed by atoms with van der Waals surface area (Å²) in [4.78, 5) is 8.96. The van der Waals surface area contributed by atoms with E-state index >= 15 is 0 Å². The maximum absolute atomic E-state index is 4.99. The fraction of sp³-hybridized carbons (Fsp3) is 0.357. The van der Waals surface area contributed by atoms with Crippen molar-refractivity contribution < 1.29 is 4.74 Å². The molecule has 2 rings (SSSR count). The Bertz CT molecular complexity index is 515. The van der Waals surface area contributed by atoms with E-state index in [1.807, 2.05) is 6.20 Å². The van der Waals surface area contributed by atoms with Crippen molar-refractivity contribution in [2.24, 2.45) is 0 Å². The van der Waals surface area contributed by atoms with Crippen molar-refractivity contribution in [2.75, 3.05) is 20.3 Å². The van der Waals surface area contributed by atoms with Crippen molar-refractivity contribution in [2.45, 2.75) is 17.2 Å². The molecule has 0 aliphatic heterocycles. The molecule has 0 bridgehead atoms. The summed E-state index contributed by atoms with van der Waals surface area (Å²) in [6.45, 7) is 2.36. The predicted octanol–water partition coefficient (Wildman–Crippen LogP) is 3.20. The number of benzene rings is 1. The summed E-state index contributed by atoms with van der Waals surface area (Å²) in [7, 11) is 1.70. The Morgan fingerprint density at radius 2 is 2.15 bits per heavy atom. The summed E-state index contributed by atoms with van der Waals surface area (Å²) in [5, 5.41) is 3.29. The van der Waals surface area contributed by atoms with Gasteiger partial charge in [0.25, 0.3) is 0 Å². The van der Waals surface area contributed by atoms with Gasteiger partial charge in [-0.05, 0) is 24.3 Å². The van der Waals surface area contributed by atoms with Gasteiger partial charge in [-0.25, -0.2) is 4.98 Å². The maximum atomic E-state index is 4.99. The molecule has 1 aromatic heterocycles. The predicted molar refractivity (Wildman–Crippen MR) is 85.9 cm³/mol. The molecule has 0 atom stereocenters. The average Bonchev–Trinajstić information content (AvgIpc) is 2.91. The highest BCUT2D eigenvalue weighted by molar-refractivity contribution is 9.10. The fourth-order valence-electron chi connectivity index (χ4n) is 1.65. The molecule has 20 heavy (non-hydrogen) atoms. The van der Waals surface area contributed by atoms with Crippen molar-refractivity contribution in [1.82, 2.24) is 15.3 Å². The van der Waals surface area contributed by atoms with E-state index in [0.717, 1.165) is 41.4 Å². The number of hydrogen-bond acceptors (Lipinski definition) is 4. The van der Waals surface area contributed by atoms with Crippen LogP contribution in [0.3, 0.4) is 0 Å². The number of ether oxygens (including phenoxy) is 1. The molecule has 0 spiro atoms. The highest BCUT2D eigenvalue weighted by atomic mass is 79.9. The lowest BCUT2D eigenvalue weighted by Gasteiger charge is -2.01. The van der Waals surface area contributed by atoms with Gasteiger partial charge in [0, 0.05) is 41.5 Å². The molecule has 1 heterocycles. The minimum absolute atomic E-state index is 0.723. The molecule has 0 unspecified atom stereocenters. The molecule has 0 saturated carbocycles. The first kappa shape index (κ1) is 15.6. The lowest BCUT2D eigenvalue weighted by Crippen LogP contribution is -2.18. The van der Waals surface area contributed by atoms with Gasteiger partial charge in [0.1, 0.15) is 5.82 Å². The normalized spacial score (nSPS) is 10.9. The van der Waals surface area contributed by atoms with Gasteiger partial charge in [0.2, 0.25) is 0 Å². The van der Waals surface area contributed by atoms with E-state index in [4.69, 9.17) is 4.74 Å². The number of halogens is 1. The molecule has 2 aromatic rings. The SMILES string of the molecule is COCCNCc1cnc(CSc2ccc(Br)cc2)[nH]1. The van der Waals surface area contributed by atoms with Crippen LogP contribution >= 0.6 is 27.7 Å². The zero-order valence-electron chi connectivity index (χ0n) is 11.4. The molecule has 6 heteroatoms. The van der Waals surface area contributed by atoms with E-state index in [1.54, 1.807) is 18.9 Å². The Kier molecular flexibility index (Phi) is 6.59. The number of aromatic amines is 1. The van der Waals surface area contributed by atoms with Crippen molar-refractivity contribution in [3.63, 3.8) is 0 Å². The number of rotatable bonds is 8. The van der Waals surface area contributed by atoms with Crippen molar-refractivity contribution in [3.05, 3.63) is 46.5 Å². The molecule has 0 saturated heterocycles. The average molecular weight is 356 g/mol. The Balaban J connectivity index is 1.76. The first-order chi connectivity index (χ1) is 9.78. The zero-order valence-corrected chi connectivity index (χ0v) is 13.8. The van der Waals surface area contributed by atoms with Crippen LogP contribution < -0.4 is 5.32 Å². The molecule has 4 nitrogen and oxygen atoms in total. The second-order valence-electron chi connectivity index (χ2n) is 4.27. The van der Waals surface area contributed by atoms with Gasteiger partial charge in [-0.3, -0.25) is 0 Å². The van der Waals surface area contributed by atoms with E-state index in [9.17, 15) is 0 Å². The zero-order chi connectivity index (χ0) is 14.2. The van der Waals surface area contributed by atoms with E-state index in [1.165, 1.54) is 4.90 Å². The van der Waals surface area contributed by atoms with Gasteiger partial charge in [0.05, 0.1) is 12.4 Å². The molecular weight excluding hydrogens is 338 g/mol. The molecule has 1 aromatic carbocycles. The maximum Gasteiger partial charge on any atom is 0.116 e. The van der Waals surface area contributed by atoms with Crippen LogP contribution in [-0.4, -0.2) is 30.2 Å². The highest BCUT2D eigenvalue weighted by Crippen LogP contribution is 2.23. The fourth-order valence-corrected chi connectivity index (χ4v) is 2.69. The Morgan fingerprint density at radius 1 is 1.35 bits per heavy atom. The van der Waals surface area contributed by atoms with Gasteiger partial charge < -0.3 is 15.0 Å². The van der Waals surface area contributed by atoms with E-state index in [0.29, 0.717) is 0 Å². The van der Waals surface area contributed by atoms with Crippen LogP contribution in [0.25, 0.3) is 0 Å². The summed E-state index contributed by atoms with van der Waals surface area (Å²) < 4.78 is 6.09. The summed E-state index contributed by atoms with van der Waals surface area (Å²) in [5.74, 6) is 1.85. The molecule has 0 aliphatic rings. The van der Waals surface area contributed by atoms with Crippen LogP contribution in [0.4, 0.5) is 0 Å². The standard InChI is InChI=1S/C14H18BrN3OS/c1-19-7-6-16-8-12-9-17-14(18-12)10-20-13-4-2-11(15)3-5-13/h2-5,9,16H,6-8,10H2,1H3,(H,17,18). The number of aromatic nitrogens is 2. The van der Waals surface area contributed by atoms with Crippen molar-refractivity contribution in [3.8, 4) is 0 Å². The largest absolute Gasteiger partial charge is 0.383 e. The summed E-state index contributed by atoms with van der Waals surface area (Å²) in [6, 6.07) is 8.31. The summed E-state index contributed by atoms with van der Waals surface area (Å²) in [6.07, 6.45) is 1.89. The minimum atomic E-state index is 0.723.